The number of piperidine rings is 1. The summed E-state index contributed by atoms with van der Waals surface area (Å²) in [6, 6.07) is 2.07. The van der Waals surface area contributed by atoms with Gasteiger partial charge in [-0.25, -0.2) is 4.79 Å². The summed E-state index contributed by atoms with van der Waals surface area (Å²) in [4.78, 5) is 17.8. The molecule has 1 saturated heterocycles. The molecule has 140 valence electrons. The largest absolute Gasteiger partial charge is 0.446 e. The topological polar surface area (TPSA) is 57.4 Å². The summed E-state index contributed by atoms with van der Waals surface area (Å²) in [6.45, 7) is 8.09. The number of nitrogens with zero attached hydrogens (tertiary/aromatic N) is 1. The van der Waals surface area contributed by atoms with E-state index in [1.165, 1.54) is 57.3 Å². The predicted molar refractivity (Wildman–Crippen MR) is 101 cm³/mol. The fraction of sp³-hybridized carbons (Fsp3) is 0.750. The Morgan fingerprint density at radius 3 is 2.64 bits per heavy atom. The smallest absolute Gasteiger partial charge is 0.413 e. The molecule has 1 aromatic heterocycles. The molecule has 2 aliphatic rings. The van der Waals surface area contributed by atoms with Gasteiger partial charge in [-0.3, -0.25) is 5.32 Å². The summed E-state index contributed by atoms with van der Waals surface area (Å²) in [5.41, 5.74) is 1.30. The van der Waals surface area contributed by atoms with Crippen LogP contribution in [0, 0.1) is 5.92 Å². The molecule has 1 aliphatic carbocycles. The SMILES string of the molecule is CC(C)CN1CCC(c2c[nH]c(NC(=O)OC3CCCCC3)c2)CC1. The van der Waals surface area contributed by atoms with Gasteiger partial charge in [0.2, 0.25) is 0 Å². The number of ether oxygens (including phenoxy) is 1. The number of hydrogen-bond acceptors (Lipinski definition) is 3. The van der Waals surface area contributed by atoms with Gasteiger partial charge in [0, 0.05) is 12.7 Å². The van der Waals surface area contributed by atoms with Gasteiger partial charge in [0.1, 0.15) is 11.9 Å². The zero-order valence-electron chi connectivity index (χ0n) is 15.7. The molecule has 0 bridgehead atoms. The minimum Gasteiger partial charge on any atom is -0.446 e. The van der Waals surface area contributed by atoms with E-state index in [4.69, 9.17) is 4.74 Å². The standard InChI is InChI=1S/C20H33N3O2/c1-15(2)14-23-10-8-16(9-11-23)17-12-19(21-13-17)22-20(24)25-18-6-4-3-5-7-18/h12-13,15-16,18,21H,3-11,14H2,1-2H3,(H,22,24). The van der Waals surface area contributed by atoms with Crippen molar-refractivity contribution in [2.45, 2.75) is 70.8 Å². The Morgan fingerprint density at radius 1 is 1.24 bits per heavy atom. The number of carbonyl (C=O) groups excluding carboxylic acids is 1. The third kappa shape index (κ3) is 5.50. The maximum atomic E-state index is 12.1. The van der Waals surface area contributed by atoms with Crippen LogP contribution < -0.4 is 5.32 Å². The van der Waals surface area contributed by atoms with E-state index in [1.54, 1.807) is 0 Å². The molecule has 1 aromatic rings. The molecular weight excluding hydrogens is 314 g/mol. The van der Waals surface area contributed by atoms with Crippen LogP contribution in [0.3, 0.4) is 0 Å². The zero-order valence-corrected chi connectivity index (χ0v) is 15.7. The molecular formula is C20H33N3O2. The highest BCUT2D eigenvalue weighted by Gasteiger charge is 2.22. The Kier molecular flexibility index (Phi) is 6.40. The van der Waals surface area contributed by atoms with Crippen molar-refractivity contribution in [3.8, 4) is 0 Å². The normalized spacial score (nSPS) is 20.8. The van der Waals surface area contributed by atoms with Crippen LogP contribution in [0.25, 0.3) is 0 Å². The molecule has 0 aromatic carbocycles. The number of anilines is 1. The van der Waals surface area contributed by atoms with Crippen molar-refractivity contribution in [3.63, 3.8) is 0 Å². The summed E-state index contributed by atoms with van der Waals surface area (Å²) in [6.07, 6.45) is 9.78. The molecule has 1 saturated carbocycles. The molecule has 0 spiro atoms. The fourth-order valence-electron chi connectivity index (χ4n) is 4.16. The number of rotatable bonds is 5. The number of H-pyrrole nitrogens is 1. The minimum absolute atomic E-state index is 0.0912. The second-order valence-corrected chi connectivity index (χ2v) is 8.11. The number of aromatic amines is 1. The average Bonchev–Trinajstić information content (AvgIpc) is 3.04. The van der Waals surface area contributed by atoms with Gasteiger partial charge < -0.3 is 14.6 Å². The molecule has 3 rings (SSSR count). The van der Waals surface area contributed by atoms with Gasteiger partial charge in [0.15, 0.2) is 0 Å². The van der Waals surface area contributed by atoms with Crippen LogP contribution in [0.5, 0.6) is 0 Å². The number of aromatic nitrogens is 1. The van der Waals surface area contributed by atoms with Gasteiger partial charge in [0.25, 0.3) is 0 Å². The van der Waals surface area contributed by atoms with Crippen molar-refractivity contribution in [2.24, 2.45) is 5.92 Å². The van der Waals surface area contributed by atoms with Gasteiger partial charge >= 0.3 is 6.09 Å². The van der Waals surface area contributed by atoms with Crippen molar-refractivity contribution >= 4 is 11.9 Å². The maximum absolute atomic E-state index is 12.1. The first-order chi connectivity index (χ1) is 12.1. The van der Waals surface area contributed by atoms with E-state index < -0.39 is 0 Å². The second-order valence-electron chi connectivity index (χ2n) is 8.11. The number of amides is 1. The summed E-state index contributed by atoms with van der Waals surface area (Å²) in [7, 11) is 0. The zero-order chi connectivity index (χ0) is 17.6. The number of likely N-dealkylation sites (tertiary alicyclic amines) is 1. The number of nitrogens with one attached hydrogen (secondary N) is 2. The van der Waals surface area contributed by atoms with Crippen LogP contribution in [0.1, 0.15) is 70.3 Å². The van der Waals surface area contributed by atoms with Crippen LogP contribution in [0.4, 0.5) is 10.6 Å². The van der Waals surface area contributed by atoms with E-state index in [1.807, 2.05) is 6.20 Å². The van der Waals surface area contributed by atoms with Crippen molar-refractivity contribution in [2.75, 3.05) is 25.0 Å². The molecule has 2 heterocycles. The van der Waals surface area contributed by atoms with Gasteiger partial charge in [0.05, 0.1) is 0 Å². The lowest BCUT2D eigenvalue weighted by Crippen LogP contribution is -2.35. The van der Waals surface area contributed by atoms with Gasteiger partial charge in [-0.2, -0.15) is 0 Å². The van der Waals surface area contributed by atoms with Gasteiger partial charge in [-0.05, 0) is 75.1 Å². The minimum atomic E-state index is -0.327. The fourth-order valence-corrected chi connectivity index (χ4v) is 4.16. The van der Waals surface area contributed by atoms with Crippen LogP contribution >= 0.6 is 0 Å². The summed E-state index contributed by atoms with van der Waals surface area (Å²) < 4.78 is 5.52. The number of carbonyl (C=O) groups is 1. The molecule has 0 radical (unpaired) electrons. The third-order valence-corrected chi connectivity index (χ3v) is 5.45. The first kappa shape index (κ1) is 18.3. The summed E-state index contributed by atoms with van der Waals surface area (Å²) in [5.74, 6) is 2.07. The molecule has 1 aliphatic heterocycles. The van der Waals surface area contributed by atoms with Crippen molar-refractivity contribution < 1.29 is 9.53 Å². The van der Waals surface area contributed by atoms with Crippen molar-refractivity contribution in [1.29, 1.82) is 0 Å². The van der Waals surface area contributed by atoms with Gasteiger partial charge in [-0.1, -0.05) is 20.3 Å². The Labute approximate surface area is 151 Å². The highest BCUT2D eigenvalue weighted by atomic mass is 16.6. The predicted octanol–water partition coefficient (Wildman–Crippen LogP) is 4.73. The highest BCUT2D eigenvalue weighted by Crippen LogP contribution is 2.30. The molecule has 2 fully saturated rings. The van der Waals surface area contributed by atoms with E-state index in [9.17, 15) is 4.79 Å². The Hall–Kier alpha value is -1.49. The lowest BCUT2D eigenvalue weighted by molar-refractivity contribution is 0.0864. The molecule has 25 heavy (non-hydrogen) atoms. The van der Waals surface area contributed by atoms with Crippen LogP contribution in [0.15, 0.2) is 12.3 Å². The third-order valence-electron chi connectivity index (χ3n) is 5.45. The molecule has 0 unspecified atom stereocenters. The Bertz CT molecular complexity index is 541. The Balaban J connectivity index is 1.45. The lowest BCUT2D eigenvalue weighted by Gasteiger charge is -2.32. The summed E-state index contributed by atoms with van der Waals surface area (Å²) in [5, 5.41) is 2.86. The molecule has 5 heteroatoms. The molecule has 2 N–H and O–H groups in total. The van der Waals surface area contributed by atoms with E-state index >= 15 is 0 Å². The maximum Gasteiger partial charge on any atom is 0.413 e. The Morgan fingerprint density at radius 2 is 1.96 bits per heavy atom. The van der Waals surface area contributed by atoms with Crippen LogP contribution in [-0.4, -0.2) is 41.7 Å². The van der Waals surface area contributed by atoms with Crippen molar-refractivity contribution in [3.05, 3.63) is 17.8 Å². The van der Waals surface area contributed by atoms with E-state index in [2.05, 4.69) is 35.1 Å². The van der Waals surface area contributed by atoms with E-state index in [-0.39, 0.29) is 12.2 Å². The highest BCUT2D eigenvalue weighted by molar-refractivity contribution is 5.83. The van der Waals surface area contributed by atoms with Crippen LogP contribution in [-0.2, 0) is 4.74 Å². The monoisotopic (exact) mass is 347 g/mol. The number of hydrogen-bond donors (Lipinski definition) is 2. The van der Waals surface area contributed by atoms with Crippen molar-refractivity contribution in [1.82, 2.24) is 9.88 Å². The molecule has 5 nitrogen and oxygen atoms in total. The second kappa shape index (κ2) is 8.75. The first-order valence-electron chi connectivity index (χ1n) is 9.98. The van der Waals surface area contributed by atoms with E-state index in [0.717, 1.165) is 24.6 Å². The molecule has 1 amide bonds. The van der Waals surface area contributed by atoms with Gasteiger partial charge in [-0.15, -0.1) is 0 Å². The lowest BCUT2D eigenvalue weighted by atomic mass is 9.91. The summed E-state index contributed by atoms with van der Waals surface area (Å²) >= 11 is 0. The average molecular weight is 348 g/mol. The quantitative estimate of drug-likeness (QED) is 0.809. The first-order valence-corrected chi connectivity index (χ1v) is 9.98. The van der Waals surface area contributed by atoms with E-state index in [0.29, 0.717) is 5.92 Å². The van der Waals surface area contributed by atoms with Crippen LogP contribution in [0.2, 0.25) is 0 Å². The molecule has 0 atom stereocenters.